The van der Waals surface area contributed by atoms with Gasteiger partial charge in [0.15, 0.2) is 6.10 Å². The number of nitrogens with zero attached hydrogens (tertiary/aromatic N) is 1. The number of anilines is 2. The van der Waals surface area contributed by atoms with E-state index >= 15 is 0 Å². The van der Waals surface area contributed by atoms with Gasteiger partial charge in [0.25, 0.3) is 5.91 Å². The van der Waals surface area contributed by atoms with Crippen molar-refractivity contribution in [2.24, 2.45) is 0 Å². The number of carbonyl (C=O) groups excluding carboxylic acids is 1. The molecule has 1 heterocycles. The molecule has 1 amide bonds. The van der Waals surface area contributed by atoms with E-state index in [0.29, 0.717) is 22.1 Å². The largest absolute Gasteiger partial charge is 0.497 e. The summed E-state index contributed by atoms with van der Waals surface area (Å²) in [5.74, 6) is 0.519. The molecule has 0 fully saturated rings. The van der Waals surface area contributed by atoms with Gasteiger partial charge in [-0.15, -0.1) is 0 Å². The van der Waals surface area contributed by atoms with Crippen LogP contribution in [0.15, 0.2) is 42.5 Å². The molecular weight excluding hydrogens is 392 g/mol. The molecule has 27 heavy (non-hydrogen) atoms. The molecule has 9 heteroatoms. The summed E-state index contributed by atoms with van der Waals surface area (Å²) in [7, 11) is -2.01. The number of benzene rings is 2. The first-order valence-corrected chi connectivity index (χ1v) is 10.4. The third-order valence-electron chi connectivity index (χ3n) is 4.08. The summed E-state index contributed by atoms with van der Waals surface area (Å²) in [4.78, 5) is 12.7. The molecule has 1 aliphatic rings. The Balaban J connectivity index is 1.86. The van der Waals surface area contributed by atoms with Crippen molar-refractivity contribution in [2.75, 3.05) is 29.5 Å². The highest BCUT2D eigenvalue weighted by molar-refractivity contribution is 7.92. The highest BCUT2D eigenvalue weighted by Crippen LogP contribution is 2.36. The van der Waals surface area contributed by atoms with Gasteiger partial charge >= 0.3 is 0 Å². The molecule has 1 atom stereocenters. The van der Waals surface area contributed by atoms with Crippen LogP contribution >= 0.6 is 11.6 Å². The van der Waals surface area contributed by atoms with Crippen LogP contribution in [0.3, 0.4) is 0 Å². The highest BCUT2D eigenvalue weighted by Gasteiger charge is 2.31. The number of methoxy groups -OCH3 is 1. The summed E-state index contributed by atoms with van der Waals surface area (Å²) in [6, 6.07) is 11.6. The minimum atomic E-state index is -3.55. The van der Waals surface area contributed by atoms with Crippen molar-refractivity contribution < 1.29 is 22.7 Å². The topological polar surface area (TPSA) is 84.9 Å². The number of hydrogen-bond acceptors (Lipinski definition) is 5. The molecule has 3 rings (SSSR count). The van der Waals surface area contributed by atoms with Gasteiger partial charge in [0.1, 0.15) is 11.5 Å². The van der Waals surface area contributed by atoms with E-state index in [1.807, 2.05) is 0 Å². The molecule has 0 saturated carbocycles. The van der Waals surface area contributed by atoms with Crippen LogP contribution in [-0.4, -0.2) is 40.3 Å². The summed E-state index contributed by atoms with van der Waals surface area (Å²) in [6.45, 7) is 0.0996. The van der Waals surface area contributed by atoms with E-state index in [2.05, 4.69) is 5.32 Å². The van der Waals surface area contributed by atoms with Crippen molar-refractivity contribution in [1.29, 1.82) is 0 Å². The zero-order valence-corrected chi connectivity index (χ0v) is 16.4. The molecular formula is C18H19ClN2O5S. The normalized spacial score (nSPS) is 16.7. The molecule has 1 aliphatic heterocycles. The molecule has 7 nitrogen and oxygen atoms in total. The number of amides is 1. The summed E-state index contributed by atoms with van der Waals surface area (Å²) >= 11 is 6.01. The number of halogens is 1. The maximum Gasteiger partial charge on any atom is 0.265 e. The van der Waals surface area contributed by atoms with Crippen molar-refractivity contribution in [3.8, 4) is 11.5 Å². The van der Waals surface area contributed by atoms with Crippen LogP contribution in [0.25, 0.3) is 0 Å². The minimum absolute atomic E-state index is 0.0996. The first-order chi connectivity index (χ1) is 12.8. The van der Waals surface area contributed by atoms with Crippen LogP contribution in [0.5, 0.6) is 11.5 Å². The average molecular weight is 411 g/mol. The molecule has 0 aliphatic carbocycles. The Morgan fingerprint density at radius 2 is 2.07 bits per heavy atom. The molecule has 0 saturated heterocycles. The lowest BCUT2D eigenvalue weighted by molar-refractivity contribution is -0.122. The van der Waals surface area contributed by atoms with Crippen LogP contribution in [0.2, 0.25) is 5.02 Å². The molecule has 0 radical (unpaired) electrons. The summed E-state index contributed by atoms with van der Waals surface area (Å²) in [6.07, 6.45) is 0.437. The van der Waals surface area contributed by atoms with Gasteiger partial charge in [0.05, 0.1) is 19.1 Å². The minimum Gasteiger partial charge on any atom is -0.497 e. The molecule has 2 aromatic rings. The lowest BCUT2D eigenvalue weighted by Gasteiger charge is -2.21. The fraction of sp³-hybridized carbons (Fsp3) is 0.278. The summed E-state index contributed by atoms with van der Waals surface area (Å²) in [5, 5.41) is 3.15. The number of hydrogen-bond donors (Lipinski definition) is 1. The fourth-order valence-corrected chi connectivity index (χ4v) is 3.91. The Morgan fingerprint density at radius 3 is 2.78 bits per heavy atom. The number of nitrogens with one attached hydrogen (secondary N) is 1. The maximum atomic E-state index is 12.7. The second-order valence-corrected chi connectivity index (χ2v) is 8.41. The second-order valence-electron chi connectivity index (χ2n) is 6.06. The molecule has 0 unspecified atom stereocenters. The Kier molecular flexibility index (Phi) is 5.48. The van der Waals surface area contributed by atoms with E-state index in [4.69, 9.17) is 21.1 Å². The molecule has 0 spiro atoms. The molecule has 144 valence electrons. The zero-order chi connectivity index (χ0) is 19.6. The SMILES string of the molecule is COc1cccc(NC(=O)[C@H]2CCN(S(C)(=O)=O)c3cc(Cl)ccc3O2)c1. The van der Waals surface area contributed by atoms with Crippen LogP contribution in [0.4, 0.5) is 11.4 Å². The van der Waals surface area contributed by atoms with Crippen LogP contribution in [0, 0.1) is 0 Å². The second kappa shape index (κ2) is 7.66. The van der Waals surface area contributed by atoms with E-state index < -0.39 is 16.1 Å². The van der Waals surface area contributed by atoms with Gasteiger partial charge in [0, 0.05) is 29.7 Å². The van der Waals surface area contributed by atoms with Crippen molar-refractivity contribution >= 4 is 38.9 Å². The lowest BCUT2D eigenvalue weighted by atomic mass is 10.2. The molecule has 1 N–H and O–H groups in total. The smallest absolute Gasteiger partial charge is 0.265 e. The van der Waals surface area contributed by atoms with Crippen molar-refractivity contribution in [3.63, 3.8) is 0 Å². The lowest BCUT2D eigenvalue weighted by Crippen LogP contribution is -2.35. The van der Waals surface area contributed by atoms with Gasteiger partial charge < -0.3 is 14.8 Å². The number of sulfonamides is 1. The van der Waals surface area contributed by atoms with Crippen LogP contribution < -0.4 is 19.1 Å². The number of carbonyl (C=O) groups is 1. The number of ether oxygens (including phenoxy) is 2. The number of fused-ring (bicyclic) bond motifs is 1. The zero-order valence-electron chi connectivity index (χ0n) is 14.8. The van der Waals surface area contributed by atoms with Crippen LogP contribution in [0.1, 0.15) is 6.42 Å². The van der Waals surface area contributed by atoms with Gasteiger partial charge in [0.2, 0.25) is 10.0 Å². The fourth-order valence-electron chi connectivity index (χ4n) is 2.80. The van der Waals surface area contributed by atoms with E-state index in [-0.39, 0.29) is 24.6 Å². The molecule has 0 aromatic heterocycles. The summed E-state index contributed by atoms with van der Waals surface area (Å²) in [5.41, 5.74) is 0.880. The van der Waals surface area contributed by atoms with Gasteiger partial charge in [-0.1, -0.05) is 17.7 Å². The summed E-state index contributed by atoms with van der Waals surface area (Å²) < 4.78 is 36.5. The van der Waals surface area contributed by atoms with Crippen molar-refractivity contribution in [1.82, 2.24) is 0 Å². The Labute approximate surface area is 162 Å². The Bertz CT molecular complexity index is 964. The Morgan fingerprint density at radius 1 is 1.30 bits per heavy atom. The average Bonchev–Trinajstić information content (AvgIpc) is 2.81. The predicted molar refractivity (Wildman–Crippen MR) is 104 cm³/mol. The molecule has 0 bridgehead atoms. The Hall–Kier alpha value is -2.45. The van der Waals surface area contributed by atoms with E-state index in [1.54, 1.807) is 36.4 Å². The maximum absolute atomic E-state index is 12.7. The van der Waals surface area contributed by atoms with Gasteiger partial charge in [-0.05, 0) is 30.3 Å². The first-order valence-electron chi connectivity index (χ1n) is 8.17. The first kappa shape index (κ1) is 19.3. The van der Waals surface area contributed by atoms with Gasteiger partial charge in [-0.3, -0.25) is 9.10 Å². The number of rotatable bonds is 4. The third kappa shape index (κ3) is 4.45. The quantitative estimate of drug-likeness (QED) is 0.837. The van der Waals surface area contributed by atoms with Crippen molar-refractivity contribution in [2.45, 2.75) is 12.5 Å². The van der Waals surface area contributed by atoms with E-state index in [9.17, 15) is 13.2 Å². The van der Waals surface area contributed by atoms with Gasteiger partial charge in [-0.2, -0.15) is 0 Å². The van der Waals surface area contributed by atoms with E-state index in [1.165, 1.54) is 17.5 Å². The third-order valence-corrected chi connectivity index (χ3v) is 5.50. The standard InChI is InChI=1S/C18H19ClN2O5S/c1-25-14-5-3-4-13(11-14)20-18(22)17-8-9-21(27(2,23)24)15-10-12(19)6-7-16(15)26-17/h3-7,10-11,17H,8-9H2,1-2H3,(H,20,22)/t17-/m1/s1. The van der Waals surface area contributed by atoms with Crippen LogP contribution in [-0.2, 0) is 14.8 Å². The van der Waals surface area contributed by atoms with Gasteiger partial charge in [-0.25, -0.2) is 8.42 Å². The predicted octanol–water partition coefficient (Wildman–Crippen LogP) is 2.90. The monoisotopic (exact) mass is 410 g/mol. The highest BCUT2D eigenvalue weighted by atomic mass is 35.5. The van der Waals surface area contributed by atoms with E-state index in [0.717, 1.165) is 6.26 Å². The van der Waals surface area contributed by atoms with Crippen molar-refractivity contribution in [3.05, 3.63) is 47.5 Å². The molecule has 2 aromatic carbocycles.